The molecule has 0 radical (unpaired) electrons. The molecular formula is C20H25N5O2S. The highest BCUT2D eigenvalue weighted by Gasteiger charge is 2.30. The Balaban J connectivity index is 1.65. The Morgan fingerprint density at radius 1 is 1.39 bits per heavy atom. The molecule has 1 atom stereocenters. The molecular weight excluding hydrogens is 374 g/mol. The Hall–Kier alpha value is -2.29. The van der Waals surface area contributed by atoms with E-state index < -0.39 is 0 Å². The molecule has 1 saturated heterocycles. The van der Waals surface area contributed by atoms with Crippen LogP contribution in [0.4, 0.5) is 0 Å². The van der Waals surface area contributed by atoms with E-state index in [2.05, 4.69) is 20.3 Å². The average Bonchev–Trinajstić information content (AvgIpc) is 3.25. The number of nitrogens with zero attached hydrogens (tertiary/aromatic N) is 4. The van der Waals surface area contributed by atoms with Crippen LogP contribution in [0.5, 0.6) is 0 Å². The Morgan fingerprint density at radius 2 is 2.25 bits per heavy atom. The highest BCUT2D eigenvalue weighted by Crippen LogP contribution is 2.37. The van der Waals surface area contributed by atoms with Crippen molar-refractivity contribution in [1.29, 1.82) is 0 Å². The van der Waals surface area contributed by atoms with E-state index in [1.165, 1.54) is 11.3 Å². The van der Waals surface area contributed by atoms with Crippen molar-refractivity contribution in [2.24, 2.45) is 7.05 Å². The summed E-state index contributed by atoms with van der Waals surface area (Å²) in [6.07, 6.45) is 3.43. The van der Waals surface area contributed by atoms with Gasteiger partial charge in [-0.3, -0.25) is 14.4 Å². The third kappa shape index (κ3) is 3.80. The van der Waals surface area contributed by atoms with Crippen molar-refractivity contribution in [1.82, 2.24) is 25.0 Å². The van der Waals surface area contributed by atoms with Crippen LogP contribution < -0.4 is 5.32 Å². The molecule has 0 spiro atoms. The molecule has 1 amide bonds. The number of carbonyl (C=O) groups is 1. The van der Waals surface area contributed by atoms with Crippen molar-refractivity contribution in [2.45, 2.75) is 32.5 Å². The number of pyridine rings is 1. The number of aromatic nitrogens is 3. The number of ether oxygens (including phenoxy) is 1. The third-order valence-corrected chi connectivity index (χ3v) is 6.04. The fourth-order valence-electron chi connectivity index (χ4n) is 3.57. The number of fused-ring (bicyclic) bond motifs is 1. The lowest BCUT2D eigenvalue weighted by Crippen LogP contribution is -2.39. The van der Waals surface area contributed by atoms with Gasteiger partial charge in [0.15, 0.2) is 0 Å². The zero-order valence-electron chi connectivity index (χ0n) is 16.4. The van der Waals surface area contributed by atoms with Crippen molar-refractivity contribution in [2.75, 3.05) is 19.7 Å². The standard InChI is InChI=1S/C20H25N5O2S/c1-13(2)23-19(26)18-17(15-5-4-7-21-20(15)28-18)16-12-25(9-10-27-16)11-14-6-8-22-24(14)3/h4-8,13,16H,9-12H2,1-3H3,(H,23,26). The molecule has 1 aliphatic heterocycles. The molecule has 0 aromatic carbocycles. The lowest BCUT2D eigenvalue weighted by molar-refractivity contribution is -0.0329. The summed E-state index contributed by atoms with van der Waals surface area (Å²) in [4.78, 5) is 21.3. The van der Waals surface area contributed by atoms with Gasteiger partial charge >= 0.3 is 0 Å². The molecule has 7 nitrogen and oxygen atoms in total. The molecule has 3 aromatic rings. The molecule has 4 rings (SSSR count). The summed E-state index contributed by atoms with van der Waals surface area (Å²) in [5.41, 5.74) is 2.12. The topological polar surface area (TPSA) is 72.3 Å². The zero-order chi connectivity index (χ0) is 19.7. The predicted molar refractivity (Wildman–Crippen MR) is 109 cm³/mol. The molecule has 28 heavy (non-hydrogen) atoms. The van der Waals surface area contributed by atoms with Crippen molar-refractivity contribution < 1.29 is 9.53 Å². The number of rotatable bonds is 5. The van der Waals surface area contributed by atoms with E-state index in [0.29, 0.717) is 11.5 Å². The smallest absolute Gasteiger partial charge is 0.262 e. The SMILES string of the molecule is CC(C)NC(=O)c1sc2ncccc2c1C1CN(Cc2ccnn2C)CCO1. The first-order valence-corrected chi connectivity index (χ1v) is 10.3. The van der Waals surface area contributed by atoms with Gasteiger partial charge in [-0.2, -0.15) is 5.10 Å². The Labute approximate surface area is 168 Å². The van der Waals surface area contributed by atoms with Gasteiger partial charge in [0.05, 0.1) is 18.4 Å². The van der Waals surface area contributed by atoms with E-state index >= 15 is 0 Å². The summed E-state index contributed by atoms with van der Waals surface area (Å²) in [5.74, 6) is -0.0552. The van der Waals surface area contributed by atoms with Crippen LogP contribution in [-0.4, -0.2) is 51.3 Å². The van der Waals surface area contributed by atoms with Crippen LogP contribution in [-0.2, 0) is 18.3 Å². The largest absolute Gasteiger partial charge is 0.371 e. The normalized spacial score (nSPS) is 18.1. The molecule has 1 fully saturated rings. The van der Waals surface area contributed by atoms with Crippen LogP contribution in [0.25, 0.3) is 10.2 Å². The summed E-state index contributed by atoms with van der Waals surface area (Å²) >= 11 is 1.44. The van der Waals surface area contributed by atoms with Crippen molar-refractivity contribution in [3.63, 3.8) is 0 Å². The minimum atomic E-state index is -0.159. The van der Waals surface area contributed by atoms with Gasteiger partial charge in [0.25, 0.3) is 5.91 Å². The van der Waals surface area contributed by atoms with Gasteiger partial charge in [0.1, 0.15) is 9.71 Å². The quantitative estimate of drug-likeness (QED) is 0.714. The number of amides is 1. The molecule has 0 saturated carbocycles. The average molecular weight is 400 g/mol. The van der Waals surface area contributed by atoms with Crippen LogP contribution in [0.15, 0.2) is 30.6 Å². The summed E-state index contributed by atoms with van der Waals surface area (Å²) in [7, 11) is 1.96. The zero-order valence-corrected chi connectivity index (χ0v) is 17.2. The van der Waals surface area contributed by atoms with Gasteiger partial charge in [0, 0.05) is 56.1 Å². The number of aryl methyl sites for hydroxylation is 1. The van der Waals surface area contributed by atoms with E-state index in [1.807, 2.05) is 50.0 Å². The highest BCUT2D eigenvalue weighted by molar-refractivity contribution is 7.20. The van der Waals surface area contributed by atoms with Crippen molar-refractivity contribution >= 4 is 27.5 Å². The van der Waals surface area contributed by atoms with Gasteiger partial charge in [-0.25, -0.2) is 4.98 Å². The number of morpholine rings is 1. The van der Waals surface area contributed by atoms with Gasteiger partial charge in [-0.05, 0) is 26.0 Å². The highest BCUT2D eigenvalue weighted by atomic mass is 32.1. The number of hydrogen-bond donors (Lipinski definition) is 1. The van der Waals surface area contributed by atoms with Crippen LogP contribution in [0, 0.1) is 0 Å². The van der Waals surface area contributed by atoms with Gasteiger partial charge in [-0.15, -0.1) is 11.3 Å². The number of hydrogen-bond acceptors (Lipinski definition) is 6. The Bertz CT molecular complexity index is 980. The predicted octanol–water partition coefficient (Wildman–Crippen LogP) is 2.74. The van der Waals surface area contributed by atoms with Crippen molar-refractivity contribution in [3.8, 4) is 0 Å². The van der Waals surface area contributed by atoms with Gasteiger partial charge in [0.2, 0.25) is 0 Å². The van der Waals surface area contributed by atoms with E-state index in [9.17, 15) is 4.79 Å². The fourth-order valence-corrected chi connectivity index (χ4v) is 4.67. The Morgan fingerprint density at radius 3 is 3.00 bits per heavy atom. The van der Waals surface area contributed by atoms with E-state index in [-0.39, 0.29) is 18.1 Å². The summed E-state index contributed by atoms with van der Waals surface area (Å²) in [6, 6.07) is 6.06. The van der Waals surface area contributed by atoms with Crippen LogP contribution in [0.2, 0.25) is 0 Å². The maximum absolute atomic E-state index is 12.9. The molecule has 0 bridgehead atoms. The molecule has 3 aromatic heterocycles. The second-order valence-electron chi connectivity index (χ2n) is 7.37. The molecule has 1 N–H and O–H groups in total. The first-order chi connectivity index (χ1) is 13.5. The maximum Gasteiger partial charge on any atom is 0.262 e. The third-order valence-electron chi connectivity index (χ3n) is 4.91. The van der Waals surface area contributed by atoms with Crippen LogP contribution in [0.3, 0.4) is 0 Å². The molecule has 1 aliphatic rings. The van der Waals surface area contributed by atoms with Crippen LogP contribution >= 0.6 is 11.3 Å². The maximum atomic E-state index is 12.9. The second-order valence-corrected chi connectivity index (χ2v) is 8.37. The summed E-state index contributed by atoms with van der Waals surface area (Å²) < 4.78 is 8.04. The Kier molecular flexibility index (Phi) is 5.43. The minimum absolute atomic E-state index is 0.0552. The minimum Gasteiger partial charge on any atom is -0.371 e. The van der Waals surface area contributed by atoms with Crippen molar-refractivity contribution in [3.05, 3.63) is 46.7 Å². The number of nitrogens with one attached hydrogen (secondary N) is 1. The monoisotopic (exact) mass is 399 g/mol. The van der Waals surface area contributed by atoms with E-state index in [1.54, 1.807) is 6.20 Å². The molecule has 1 unspecified atom stereocenters. The molecule has 148 valence electrons. The summed E-state index contributed by atoms with van der Waals surface area (Å²) in [5, 5.41) is 8.28. The lowest BCUT2D eigenvalue weighted by atomic mass is 10.0. The van der Waals surface area contributed by atoms with E-state index in [4.69, 9.17) is 4.74 Å². The first kappa shape index (κ1) is 19.0. The first-order valence-electron chi connectivity index (χ1n) is 9.52. The number of carbonyl (C=O) groups excluding carboxylic acids is 1. The molecule has 4 heterocycles. The summed E-state index contributed by atoms with van der Waals surface area (Å²) in [6.45, 7) is 6.96. The van der Waals surface area contributed by atoms with Gasteiger partial charge < -0.3 is 10.1 Å². The second kappa shape index (κ2) is 7.98. The number of thiophene rings is 1. The van der Waals surface area contributed by atoms with E-state index in [0.717, 1.165) is 41.1 Å². The van der Waals surface area contributed by atoms with Gasteiger partial charge in [-0.1, -0.05) is 6.07 Å². The molecule has 0 aliphatic carbocycles. The molecule has 8 heteroatoms. The lowest BCUT2D eigenvalue weighted by Gasteiger charge is -2.33. The van der Waals surface area contributed by atoms with Crippen LogP contribution in [0.1, 0.15) is 40.9 Å². The fraction of sp³-hybridized carbons (Fsp3) is 0.450.